The first kappa shape index (κ1) is 10.1. The standard InChI is InChI=1S/C11H16N4/c1-8(2)10-14-9-4-3-6-13-11(9)15(10)7-5-12/h3-4,6,8H,5,7,12H2,1-2H3. The quantitative estimate of drug-likeness (QED) is 0.824. The third-order valence-corrected chi connectivity index (χ3v) is 2.40. The number of hydrogen-bond donors (Lipinski definition) is 1. The molecule has 0 radical (unpaired) electrons. The maximum Gasteiger partial charge on any atom is 0.160 e. The Morgan fingerprint density at radius 3 is 2.93 bits per heavy atom. The lowest BCUT2D eigenvalue weighted by atomic mass is 10.2. The van der Waals surface area contributed by atoms with Gasteiger partial charge in [0.05, 0.1) is 0 Å². The van der Waals surface area contributed by atoms with Gasteiger partial charge in [-0.3, -0.25) is 0 Å². The SMILES string of the molecule is CC(C)c1nc2cccnc2n1CCN. The molecule has 0 spiro atoms. The first-order valence-electron chi connectivity index (χ1n) is 5.25. The summed E-state index contributed by atoms with van der Waals surface area (Å²) in [5, 5.41) is 0. The Balaban J connectivity index is 2.63. The first-order valence-corrected chi connectivity index (χ1v) is 5.25. The highest BCUT2D eigenvalue weighted by atomic mass is 15.1. The molecule has 0 aliphatic carbocycles. The summed E-state index contributed by atoms with van der Waals surface area (Å²) >= 11 is 0. The molecule has 0 aliphatic heterocycles. The van der Waals surface area contributed by atoms with E-state index in [2.05, 4.69) is 28.4 Å². The van der Waals surface area contributed by atoms with Gasteiger partial charge in [-0.25, -0.2) is 9.97 Å². The molecular weight excluding hydrogens is 188 g/mol. The van der Waals surface area contributed by atoms with Crippen LogP contribution in [0.3, 0.4) is 0 Å². The van der Waals surface area contributed by atoms with Crippen LogP contribution in [-0.2, 0) is 6.54 Å². The predicted molar refractivity (Wildman–Crippen MR) is 60.7 cm³/mol. The van der Waals surface area contributed by atoms with E-state index in [-0.39, 0.29) is 0 Å². The zero-order valence-corrected chi connectivity index (χ0v) is 9.14. The fourth-order valence-electron chi connectivity index (χ4n) is 1.77. The van der Waals surface area contributed by atoms with E-state index < -0.39 is 0 Å². The third-order valence-electron chi connectivity index (χ3n) is 2.40. The van der Waals surface area contributed by atoms with Crippen LogP contribution in [0.25, 0.3) is 11.2 Å². The molecule has 0 aromatic carbocycles. The molecule has 0 aliphatic rings. The Bertz CT molecular complexity index is 459. The van der Waals surface area contributed by atoms with Crippen molar-refractivity contribution in [3.63, 3.8) is 0 Å². The molecule has 4 nitrogen and oxygen atoms in total. The maximum absolute atomic E-state index is 5.60. The third kappa shape index (κ3) is 1.72. The summed E-state index contributed by atoms with van der Waals surface area (Å²) in [6.45, 7) is 5.66. The molecule has 2 aromatic heterocycles. The summed E-state index contributed by atoms with van der Waals surface area (Å²) in [5.41, 5.74) is 7.49. The van der Waals surface area contributed by atoms with Crippen LogP contribution in [0.2, 0.25) is 0 Å². The Labute approximate surface area is 89.1 Å². The van der Waals surface area contributed by atoms with Gasteiger partial charge in [-0.1, -0.05) is 13.8 Å². The first-order chi connectivity index (χ1) is 7.24. The minimum atomic E-state index is 0.394. The van der Waals surface area contributed by atoms with E-state index in [9.17, 15) is 0 Å². The van der Waals surface area contributed by atoms with Crippen LogP contribution in [0.1, 0.15) is 25.6 Å². The van der Waals surface area contributed by atoms with Crippen molar-refractivity contribution < 1.29 is 0 Å². The van der Waals surface area contributed by atoms with Gasteiger partial charge in [0.1, 0.15) is 11.3 Å². The largest absolute Gasteiger partial charge is 0.329 e. The van der Waals surface area contributed by atoms with Crippen molar-refractivity contribution in [3.8, 4) is 0 Å². The number of aromatic nitrogens is 3. The number of rotatable bonds is 3. The van der Waals surface area contributed by atoms with E-state index in [0.29, 0.717) is 12.5 Å². The summed E-state index contributed by atoms with van der Waals surface area (Å²) < 4.78 is 2.11. The van der Waals surface area contributed by atoms with E-state index in [0.717, 1.165) is 23.5 Å². The van der Waals surface area contributed by atoms with Crippen LogP contribution in [0.4, 0.5) is 0 Å². The molecule has 2 N–H and O–H groups in total. The normalized spacial score (nSPS) is 11.5. The highest BCUT2D eigenvalue weighted by Gasteiger charge is 2.13. The Hall–Kier alpha value is -1.42. The van der Waals surface area contributed by atoms with E-state index >= 15 is 0 Å². The van der Waals surface area contributed by atoms with Gasteiger partial charge in [0.25, 0.3) is 0 Å². The molecule has 0 bridgehead atoms. The second-order valence-electron chi connectivity index (χ2n) is 3.91. The second-order valence-corrected chi connectivity index (χ2v) is 3.91. The van der Waals surface area contributed by atoms with E-state index in [1.54, 1.807) is 6.20 Å². The zero-order chi connectivity index (χ0) is 10.8. The van der Waals surface area contributed by atoms with Gasteiger partial charge in [-0.2, -0.15) is 0 Å². The van der Waals surface area contributed by atoms with Crippen molar-refractivity contribution in [2.45, 2.75) is 26.3 Å². The molecule has 0 saturated heterocycles. The molecule has 15 heavy (non-hydrogen) atoms. The molecule has 0 atom stereocenters. The zero-order valence-electron chi connectivity index (χ0n) is 9.14. The number of hydrogen-bond acceptors (Lipinski definition) is 3. The summed E-state index contributed by atoms with van der Waals surface area (Å²) in [4.78, 5) is 8.92. The number of imidazole rings is 1. The molecule has 2 aromatic rings. The molecule has 0 fully saturated rings. The minimum absolute atomic E-state index is 0.394. The lowest BCUT2D eigenvalue weighted by molar-refractivity contribution is 0.638. The predicted octanol–water partition coefficient (Wildman–Crippen LogP) is 1.51. The van der Waals surface area contributed by atoms with Crippen LogP contribution < -0.4 is 5.73 Å². The second kappa shape index (κ2) is 3.98. The van der Waals surface area contributed by atoms with Crippen LogP contribution in [0.15, 0.2) is 18.3 Å². The van der Waals surface area contributed by atoms with Crippen molar-refractivity contribution in [2.24, 2.45) is 5.73 Å². The average Bonchev–Trinajstić information content (AvgIpc) is 2.58. The monoisotopic (exact) mass is 204 g/mol. The number of pyridine rings is 1. The highest BCUT2D eigenvalue weighted by Crippen LogP contribution is 2.19. The van der Waals surface area contributed by atoms with Crippen molar-refractivity contribution in [1.29, 1.82) is 0 Å². The Kier molecular flexibility index (Phi) is 2.68. The summed E-state index contributed by atoms with van der Waals surface area (Å²) in [5.74, 6) is 1.46. The number of nitrogens with two attached hydrogens (primary N) is 1. The molecule has 0 saturated carbocycles. The van der Waals surface area contributed by atoms with Crippen LogP contribution in [0, 0.1) is 0 Å². The van der Waals surface area contributed by atoms with Crippen LogP contribution >= 0.6 is 0 Å². The van der Waals surface area contributed by atoms with Crippen LogP contribution in [-0.4, -0.2) is 21.1 Å². The van der Waals surface area contributed by atoms with Gasteiger partial charge in [0.15, 0.2) is 5.65 Å². The molecule has 2 rings (SSSR count). The molecular formula is C11H16N4. The van der Waals surface area contributed by atoms with Gasteiger partial charge in [0.2, 0.25) is 0 Å². The Morgan fingerprint density at radius 2 is 2.27 bits per heavy atom. The summed E-state index contributed by atoms with van der Waals surface area (Å²) in [6.07, 6.45) is 1.79. The van der Waals surface area contributed by atoms with Gasteiger partial charge in [0, 0.05) is 25.2 Å². The minimum Gasteiger partial charge on any atom is -0.329 e. The Morgan fingerprint density at radius 1 is 1.47 bits per heavy atom. The molecule has 2 heterocycles. The lowest BCUT2D eigenvalue weighted by Crippen LogP contribution is -2.13. The summed E-state index contributed by atoms with van der Waals surface area (Å²) in [7, 11) is 0. The number of fused-ring (bicyclic) bond motifs is 1. The lowest BCUT2D eigenvalue weighted by Gasteiger charge is -2.08. The van der Waals surface area contributed by atoms with Gasteiger partial charge < -0.3 is 10.3 Å². The van der Waals surface area contributed by atoms with Crippen molar-refractivity contribution in [2.75, 3.05) is 6.54 Å². The smallest absolute Gasteiger partial charge is 0.160 e. The average molecular weight is 204 g/mol. The molecule has 4 heteroatoms. The molecule has 0 unspecified atom stereocenters. The molecule has 0 amide bonds. The van der Waals surface area contributed by atoms with Crippen molar-refractivity contribution in [1.82, 2.24) is 14.5 Å². The van der Waals surface area contributed by atoms with Crippen molar-refractivity contribution in [3.05, 3.63) is 24.2 Å². The fourth-order valence-corrected chi connectivity index (χ4v) is 1.77. The fraction of sp³-hybridized carbons (Fsp3) is 0.455. The van der Waals surface area contributed by atoms with E-state index in [4.69, 9.17) is 5.73 Å². The topological polar surface area (TPSA) is 56.7 Å². The molecule has 80 valence electrons. The van der Waals surface area contributed by atoms with Gasteiger partial charge in [-0.05, 0) is 12.1 Å². The van der Waals surface area contributed by atoms with Gasteiger partial charge in [-0.15, -0.1) is 0 Å². The number of nitrogens with zero attached hydrogens (tertiary/aromatic N) is 3. The van der Waals surface area contributed by atoms with Crippen molar-refractivity contribution >= 4 is 11.2 Å². The van der Waals surface area contributed by atoms with E-state index in [1.165, 1.54) is 0 Å². The van der Waals surface area contributed by atoms with Crippen LogP contribution in [0.5, 0.6) is 0 Å². The maximum atomic E-state index is 5.60. The van der Waals surface area contributed by atoms with E-state index in [1.807, 2.05) is 12.1 Å². The highest BCUT2D eigenvalue weighted by molar-refractivity contribution is 5.71. The van der Waals surface area contributed by atoms with Gasteiger partial charge >= 0.3 is 0 Å². The summed E-state index contributed by atoms with van der Waals surface area (Å²) in [6, 6.07) is 3.90.